The van der Waals surface area contributed by atoms with Crippen LogP contribution in [0.5, 0.6) is 0 Å². The van der Waals surface area contributed by atoms with E-state index in [0.29, 0.717) is 0 Å². The number of rotatable bonds is 6. The van der Waals surface area contributed by atoms with Crippen LogP contribution in [0.15, 0.2) is 0 Å². The van der Waals surface area contributed by atoms with E-state index in [0.717, 1.165) is 28.4 Å². The molecule has 2 aliphatic rings. The maximum absolute atomic E-state index is 3.97. The van der Waals surface area contributed by atoms with Gasteiger partial charge < -0.3 is 5.32 Å². The first kappa shape index (κ1) is 17.0. The number of hydrogen-bond donors (Lipinski definition) is 1. The minimum Gasteiger partial charge on any atom is -0.313 e. The van der Waals surface area contributed by atoms with Crippen LogP contribution in [-0.4, -0.2) is 34.6 Å². The van der Waals surface area contributed by atoms with Gasteiger partial charge in [0.2, 0.25) is 0 Å². The second-order valence-corrected chi connectivity index (χ2v) is 9.28. The van der Waals surface area contributed by atoms with Crippen LogP contribution in [0, 0.1) is 11.8 Å². The molecule has 0 aromatic heterocycles. The monoisotopic (exact) mass is 315 g/mol. The van der Waals surface area contributed by atoms with Crippen molar-refractivity contribution in [2.45, 2.75) is 75.8 Å². The molecule has 0 aromatic rings. The van der Waals surface area contributed by atoms with E-state index in [2.05, 4.69) is 49.6 Å². The quantitative estimate of drug-likeness (QED) is 0.755. The number of nitrogens with one attached hydrogen (secondary N) is 1. The van der Waals surface area contributed by atoms with Crippen molar-refractivity contribution in [2.24, 2.45) is 11.8 Å². The highest BCUT2D eigenvalue weighted by molar-refractivity contribution is 8.07. The number of hydrogen-bond acceptors (Lipinski definition) is 3. The molecule has 2 rings (SSSR count). The molecule has 0 bridgehead atoms. The van der Waals surface area contributed by atoms with E-state index in [1.807, 2.05) is 0 Å². The third kappa shape index (κ3) is 4.33. The summed E-state index contributed by atoms with van der Waals surface area (Å²) < 4.78 is 0. The van der Waals surface area contributed by atoms with Crippen LogP contribution in [0.4, 0.5) is 0 Å². The van der Waals surface area contributed by atoms with Gasteiger partial charge in [-0.2, -0.15) is 23.5 Å². The Morgan fingerprint density at radius 1 is 1.10 bits per heavy atom. The van der Waals surface area contributed by atoms with E-state index < -0.39 is 0 Å². The van der Waals surface area contributed by atoms with Crippen LogP contribution in [0.25, 0.3) is 0 Å². The highest BCUT2D eigenvalue weighted by Gasteiger charge is 2.38. The van der Waals surface area contributed by atoms with E-state index in [1.54, 1.807) is 0 Å². The molecular formula is C17H33NS2. The Bertz CT molecular complexity index is 272. The fraction of sp³-hybridized carbons (Fsp3) is 1.00. The topological polar surface area (TPSA) is 12.0 Å². The Morgan fingerprint density at radius 2 is 1.85 bits per heavy atom. The van der Waals surface area contributed by atoms with E-state index >= 15 is 0 Å². The standard InChI is InChI=1S/C17H33NS2/c1-4-10-18-16(17-13(3)19-11-12-20-17)15-9-7-6-8-14(15)5-2/h13-18H,4-12H2,1-3H3. The van der Waals surface area contributed by atoms with Gasteiger partial charge in [-0.1, -0.05) is 46.5 Å². The van der Waals surface area contributed by atoms with Gasteiger partial charge in [0.25, 0.3) is 0 Å². The molecule has 1 N–H and O–H groups in total. The zero-order valence-corrected chi connectivity index (χ0v) is 15.2. The Morgan fingerprint density at radius 3 is 2.55 bits per heavy atom. The van der Waals surface area contributed by atoms with Gasteiger partial charge in [-0.3, -0.25) is 0 Å². The molecule has 0 radical (unpaired) electrons. The van der Waals surface area contributed by atoms with Gasteiger partial charge >= 0.3 is 0 Å². The van der Waals surface area contributed by atoms with Crippen molar-refractivity contribution < 1.29 is 0 Å². The molecule has 1 aliphatic carbocycles. The van der Waals surface area contributed by atoms with Crippen LogP contribution in [0.2, 0.25) is 0 Å². The summed E-state index contributed by atoms with van der Waals surface area (Å²) in [6.45, 7) is 8.37. The van der Waals surface area contributed by atoms with Gasteiger partial charge in [0.15, 0.2) is 0 Å². The van der Waals surface area contributed by atoms with Gasteiger partial charge in [-0.25, -0.2) is 0 Å². The Balaban J connectivity index is 2.07. The smallest absolute Gasteiger partial charge is 0.0320 e. The Hall–Kier alpha value is 0.660. The molecule has 5 unspecified atom stereocenters. The van der Waals surface area contributed by atoms with Crippen LogP contribution in [-0.2, 0) is 0 Å². The largest absolute Gasteiger partial charge is 0.313 e. The predicted octanol–water partition coefficient (Wildman–Crippen LogP) is 4.81. The van der Waals surface area contributed by atoms with E-state index in [1.165, 1.54) is 56.6 Å². The maximum atomic E-state index is 3.97. The number of thioether (sulfide) groups is 2. The molecule has 0 amide bonds. The van der Waals surface area contributed by atoms with Gasteiger partial charge in [0, 0.05) is 28.0 Å². The second kappa shape index (κ2) is 8.95. The molecule has 1 aliphatic heterocycles. The fourth-order valence-electron chi connectivity index (χ4n) is 4.08. The van der Waals surface area contributed by atoms with Crippen LogP contribution in [0.3, 0.4) is 0 Å². The summed E-state index contributed by atoms with van der Waals surface area (Å²) in [4.78, 5) is 0. The molecule has 1 saturated carbocycles. The lowest BCUT2D eigenvalue weighted by Crippen LogP contribution is -2.51. The highest BCUT2D eigenvalue weighted by atomic mass is 32.2. The van der Waals surface area contributed by atoms with Crippen molar-refractivity contribution in [1.82, 2.24) is 5.32 Å². The summed E-state index contributed by atoms with van der Waals surface area (Å²) in [6.07, 6.45) is 8.52. The Labute approximate surface area is 134 Å². The predicted molar refractivity (Wildman–Crippen MR) is 96.0 cm³/mol. The molecule has 1 heterocycles. The molecule has 3 heteroatoms. The summed E-state index contributed by atoms with van der Waals surface area (Å²) in [7, 11) is 0. The lowest BCUT2D eigenvalue weighted by molar-refractivity contribution is 0.172. The van der Waals surface area contributed by atoms with Crippen molar-refractivity contribution in [2.75, 3.05) is 18.1 Å². The van der Waals surface area contributed by atoms with Gasteiger partial charge in [0.05, 0.1) is 0 Å². The first-order valence-electron chi connectivity index (χ1n) is 8.74. The minimum atomic E-state index is 0.757. The first-order valence-corrected chi connectivity index (χ1v) is 10.8. The van der Waals surface area contributed by atoms with Crippen LogP contribution < -0.4 is 5.32 Å². The lowest BCUT2D eigenvalue weighted by Gasteiger charge is -2.44. The van der Waals surface area contributed by atoms with Crippen molar-refractivity contribution in [1.29, 1.82) is 0 Å². The van der Waals surface area contributed by atoms with Gasteiger partial charge in [-0.05, 0) is 31.2 Å². The van der Waals surface area contributed by atoms with Crippen LogP contribution >= 0.6 is 23.5 Å². The Kier molecular flexibility index (Phi) is 7.61. The summed E-state index contributed by atoms with van der Waals surface area (Å²) in [5.74, 6) is 4.61. The average molecular weight is 316 g/mol. The van der Waals surface area contributed by atoms with Gasteiger partial charge in [0.1, 0.15) is 0 Å². The molecular weight excluding hydrogens is 282 g/mol. The molecule has 0 spiro atoms. The maximum Gasteiger partial charge on any atom is 0.0320 e. The minimum absolute atomic E-state index is 0.757. The average Bonchev–Trinajstić information content (AvgIpc) is 2.49. The summed E-state index contributed by atoms with van der Waals surface area (Å²) in [5.41, 5.74) is 0. The van der Waals surface area contributed by atoms with Crippen molar-refractivity contribution >= 4 is 23.5 Å². The van der Waals surface area contributed by atoms with E-state index in [9.17, 15) is 0 Å². The summed E-state index contributed by atoms with van der Waals surface area (Å²) in [5, 5.41) is 5.62. The normalized spacial score (nSPS) is 36.8. The molecule has 1 nitrogen and oxygen atoms in total. The molecule has 0 aromatic carbocycles. The second-order valence-electron chi connectivity index (χ2n) is 6.51. The molecule has 5 atom stereocenters. The summed E-state index contributed by atoms with van der Waals surface area (Å²) in [6, 6.07) is 0.757. The van der Waals surface area contributed by atoms with Gasteiger partial charge in [-0.15, -0.1) is 0 Å². The third-order valence-corrected chi connectivity index (χ3v) is 8.39. The molecule has 118 valence electrons. The van der Waals surface area contributed by atoms with Crippen molar-refractivity contribution in [3.05, 3.63) is 0 Å². The molecule has 1 saturated heterocycles. The van der Waals surface area contributed by atoms with Crippen LogP contribution in [0.1, 0.15) is 59.3 Å². The van der Waals surface area contributed by atoms with E-state index in [-0.39, 0.29) is 0 Å². The molecule has 2 fully saturated rings. The fourth-order valence-corrected chi connectivity index (χ4v) is 7.10. The lowest BCUT2D eigenvalue weighted by atomic mass is 9.73. The zero-order chi connectivity index (χ0) is 14.4. The van der Waals surface area contributed by atoms with Crippen molar-refractivity contribution in [3.63, 3.8) is 0 Å². The van der Waals surface area contributed by atoms with E-state index in [4.69, 9.17) is 0 Å². The summed E-state index contributed by atoms with van der Waals surface area (Å²) >= 11 is 4.45. The highest BCUT2D eigenvalue weighted by Crippen LogP contribution is 2.41. The third-order valence-electron chi connectivity index (χ3n) is 5.17. The first-order chi connectivity index (χ1) is 9.77. The SMILES string of the molecule is CCCNC(C1CCCCC1CC)C1SCCSC1C. The molecule has 20 heavy (non-hydrogen) atoms. The van der Waals surface area contributed by atoms with Crippen molar-refractivity contribution in [3.8, 4) is 0 Å². The zero-order valence-electron chi connectivity index (χ0n) is 13.6.